The molecule has 0 aliphatic rings. The molecule has 0 unspecified atom stereocenters. The number of hydrazone groups is 1. The molecule has 0 atom stereocenters. The normalized spacial score (nSPS) is 10.2. The molecule has 0 radical (unpaired) electrons. The van der Waals surface area contributed by atoms with Gasteiger partial charge in [0.1, 0.15) is 0 Å². The first-order valence-electron chi connectivity index (χ1n) is 3.36. The fourth-order valence-corrected chi connectivity index (χ4v) is 0.494. The van der Waals surface area contributed by atoms with Crippen LogP contribution in [-0.2, 0) is 0 Å². The van der Waals surface area contributed by atoms with E-state index in [1.165, 1.54) is 5.01 Å². The average Bonchev–Trinajstić information content (AvgIpc) is 1.89. The van der Waals surface area contributed by atoms with E-state index in [0.29, 0.717) is 6.54 Å². The topological polar surface area (TPSA) is 65.5 Å². The Hall–Kier alpha value is -1.06. The second-order valence-electron chi connectivity index (χ2n) is 1.81. The van der Waals surface area contributed by atoms with E-state index in [0.717, 1.165) is 6.42 Å². The zero-order chi connectivity index (χ0) is 7.98. The SMILES string of the molecule is CCC=NN(CC)C(=N)N. The predicted molar refractivity (Wildman–Crippen MR) is 43.1 cm³/mol. The van der Waals surface area contributed by atoms with Gasteiger partial charge in [-0.3, -0.25) is 5.41 Å². The highest BCUT2D eigenvalue weighted by molar-refractivity contribution is 5.75. The molecule has 0 aromatic heterocycles. The van der Waals surface area contributed by atoms with Gasteiger partial charge in [-0.15, -0.1) is 0 Å². The molecule has 0 amide bonds. The number of hydrogen-bond acceptors (Lipinski definition) is 2. The molecule has 0 heterocycles. The minimum absolute atomic E-state index is 0.00722. The molecule has 0 aromatic rings. The number of rotatable bonds is 3. The summed E-state index contributed by atoms with van der Waals surface area (Å²) in [4.78, 5) is 0. The Morgan fingerprint density at radius 3 is 2.60 bits per heavy atom. The molecule has 0 bridgehead atoms. The summed E-state index contributed by atoms with van der Waals surface area (Å²) in [6.45, 7) is 4.53. The lowest BCUT2D eigenvalue weighted by Gasteiger charge is -2.12. The summed E-state index contributed by atoms with van der Waals surface area (Å²) in [5.74, 6) is -0.00722. The molecule has 0 aromatic carbocycles. The molecule has 10 heavy (non-hydrogen) atoms. The van der Waals surface area contributed by atoms with Crippen molar-refractivity contribution in [2.45, 2.75) is 20.3 Å². The summed E-state index contributed by atoms with van der Waals surface area (Å²) in [6.07, 6.45) is 2.59. The molecular formula is C6H14N4. The Labute approximate surface area is 61.2 Å². The lowest BCUT2D eigenvalue weighted by atomic mass is 10.5. The van der Waals surface area contributed by atoms with Crippen LogP contribution in [0.15, 0.2) is 5.10 Å². The molecule has 0 spiro atoms. The zero-order valence-electron chi connectivity index (χ0n) is 6.46. The van der Waals surface area contributed by atoms with Gasteiger partial charge in [-0.2, -0.15) is 5.10 Å². The average molecular weight is 142 g/mol. The molecule has 4 nitrogen and oxygen atoms in total. The smallest absolute Gasteiger partial charge is 0.209 e. The van der Waals surface area contributed by atoms with Crippen LogP contribution in [0.4, 0.5) is 0 Å². The molecule has 0 fully saturated rings. The summed E-state index contributed by atoms with van der Waals surface area (Å²) < 4.78 is 0. The van der Waals surface area contributed by atoms with Crippen LogP contribution in [0.5, 0.6) is 0 Å². The van der Waals surface area contributed by atoms with E-state index >= 15 is 0 Å². The van der Waals surface area contributed by atoms with Crippen LogP contribution < -0.4 is 5.73 Å². The first-order valence-corrected chi connectivity index (χ1v) is 3.36. The van der Waals surface area contributed by atoms with Crippen LogP contribution in [0.3, 0.4) is 0 Å². The highest BCUT2D eigenvalue weighted by atomic mass is 15.5. The standard InChI is InChI=1S/C6H14N4/c1-3-5-9-10(4-2)6(7)8/h5H,3-4H2,1-2H3,(H3,7,8). The summed E-state index contributed by atoms with van der Waals surface area (Å²) in [6, 6.07) is 0. The minimum atomic E-state index is -0.00722. The van der Waals surface area contributed by atoms with Gasteiger partial charge >= 0.3 is 0 Å². The largest absolute Gasteiger partial charge is 0.369 e. The Morgan fingerprint density at radius 1 is 1.70 bits per heavy atom. The Balaban J connectivity index is 3.83. The monoisotopic (exact) mass is 142 g/mol. The summed E-state index contributed by atoms with van der Waals surface area (Å²) in [5.41, 5.74) is 5.18. The van der Waals surface area contributed by atoms with Crippen molar-refractivity contribution in [3.05, 3.63) is 0 Å². The zero-order valence-corrected chi connectivity index (χ0v) is 6.46. The van der Waals surface area contributed by atoms with Gasteiger partial charge in [0.15, 0.2) is 0 Å². The van der Waals surface area contributed by atoms with Gasteiger partial charge in [0, 0.05) is 12.8 Å². The van der Waals surface area contributed by atoms with Crippen molar-refractivity contribution in [3.63, 3.8) is 0 Å². The van der Waals surface area contributed by atoms with E-state index in [1.807, 2.05) is 13.8 Å². The maximum Gasteiger partial charge on any atom is 0.209 e. The fourth-order valence-electron chi connectivity index (χ4n) is 0.494. The Morgan fingerprint density at radius 2 is 2.30 bits per heavy atom. The maximum absolute atomic E-state index is 7.02. The van der Waals surface area contributed by atoms with Crippen molar-refractivity contribution in [3.8, 4) is 0 Å². The molecule has 58 valence electrons. The van der Waals surface area contributed by atoms with Gasteiger partial charge in [0.05, 0.1) is 0 Å². The molecule has 0 saturated heterocycles. The Kier molecular flexibility index (Phi) is 4.28. The minimum Gasteiger partial charge on any atom is -0.369 e. The van der Waals surface area contributed by atoms with Gasteiger partial charge in [-0.1, -0.05) is 6.92 Å². The van der Waals surface area contributed by atoms with Gasteiger partial charge in [-0.05, 0) is 13.3 Å². The van der Waals surface area contributed by atoms with Crippen LogP contribution in [0, 0.1) is 5.41 Å². The van der Waals surface area contributed by atoms with Crippen molar-refractivity contribution in [1.29, 1.82) is 5.41 Å². The maximum atomic E-state index is 7.02. The van der Waals surface area contributed by atoms with E-state index in [1.54, 1.807) is 6.21 Å². The number of nitrogens with two attached hydrogens (primary N) is 1. The first kappa shape index (κ1) is 8.94. The number of guanidine groups is 1. The lowest BCUT2D eigenvalue weighted by Crippen LogP contribution is -2.31. The Bertz CT molecular complexity index is 130. The van der Waals surface area contributed by atoms with E-state index in [9.17, 15) is 0 Å². The molecule has 0 aliphatic carbocycles. The summed E-state index contributed by atoms with van der Waals surface area (Å²) in [7, 11) is 0. The molecular weight excluding hydrogens is 128 g/mol. The van der Waals surface area contributed by atoms with Crippen LogP contribution in [0.2, 0.25) is 0 Å². The molecule has 4 heteroatoms. The van der Waals surface area contributed by atoms with Crippen LogP contribution in [-0.4, -0.2) is 23.7 Å². The van der Waals surface area contributed by atoms with Gasteiger partial charge in [0.25, 0.3) is 0 Å². The fraction of sp³-hybridized carbons (Fsp3) is 0.667. The molecule has 0 rings (SSSR count). The van der Waals surface area contributed by atoms with Gasteiger partial charge in [0.2, 0.25) is 5.96 Å². The molecule has 0 saturated carbocycles. The van der Waals surface area contributed by atoms with Gasteiger partial charge in [-0.25, -0.2) is 5.01 Å². The number of hydrogen-bond donors (Lipinski definition) is 2. The number of nitrogens with one attached hydrogen (secondary N) is 1. The molecule has 0 aliphatic heterocycles. The summed E-state index contributed by atoms with van der Waals surface area (Å²) >= 11 is 0. The highest BCUT2D eigenvalue weighted by Gasteiger charge is 1.96. The van der Waals surface area contributed by atoms with E-state index < -0.39 is 0 Å². The number of nitrogens with zero attached hydrogens (tertiary/aromatic N) is 2. The lowest BCUT2D eigenvalue weighted by molar-refractivity contribution is 0.463. The van der Waals surface area contributed by atoms with E-state index in [-0.39, 0.29) is 5.96 Å². The van der Waals surface area contributed by atoms with E-state index in [2.05, 4.69) is 5.10 Å². The molecule has 3 N–H and O–H groups in total. The second kappa shape index (κ2) is 4.78. The van der Waals surface area contributed by atoms with Crippen LogP contribution in [0.1, 0.15) is 20.3 Å². The third-order valence-corrected chi connectivity index (χ3v) is 0.981. The third-order valence-electron chi connectivity index (χ3n) is 0.981. The highest BCUT2D eigenvalue weighted by Crippen LogP contribution is 1.85. The van der Waals surface area contributed by atoms with E-state index in [4.69, 9.17) is 11.1 Å². The first-order chi connectivity index (χ1) is 4.72. The van der Waals surface area contributed by atoms with Crippen LogP contribution in [0.25, 0.3) is 0 Å². The van der Waals surface area contributed by atoms with Crippen molar-refractivity contribution in [2.75, 3.05) is 6.54 Å². The predicted octanol–water partition coefficient (Wildman–Crippen LogP) is 0.598. The van der Waals surface area contributed by atoms with Crippen molar-refractivity contribution < 1.29 is 0 Å². The van der Waals surface area contributed by atoms with Crippen LogP contribution >= 0.6 is 0 Å². The second-order valence-corrected chi connectivity index (χ2v) is 1.81. The van der Waals surface area contributed by atoms with Gasteiger partial charge < -0.3 is 5.73 Å². The van der Waals surface area contributed by atoms with Crippen molar-refractivity contribution in [2.24, 2.45) is 10.8 Å². The summed E-state index contributed by atoms with van der Waals surface area (Å²) in [5, 5.41) is 12.4. The third kappa shape index (κ3) is 3.06. The quantitative estimate of drug-likeness (QED) is 0.344. The van der Waals surface area contributed by atoms with Crippen molar-refractivity contribution in [1.82, 2.24) is 5.01 Å². The van der Waals surface area contributed by atoms with Crippen molar-refractivity contribution >= 4 is 12.2 Å².